The molecule has 0 aliphatic carbocycles. The maximum Gasteiger partial charge on any atom is -0.0238 e. The fourth-order valence-corrected chi connectivity index (χ4v) is 2.73. The van der Waals surface area contributed by atoms with E-state index in [9.17, 15) is 0 Å². The van der Waals surface area contributed by atoms with E-state index in [1.165, 1.54) is 16.4 Å². The minimum Gasteiger partial charge on any atom is -0.0817 e. The molecule has 0 bridgehead atoms. The van der Waals surface area contributed by atoms with Gasteiger partial charge < -0.3 is 0 Å². The summed E-state index contributed by atoms with van der Waals surface area (Å²) < 4.78 is 0. The highest BCUT2D eigenvalue weighted by Gasteiger charge is 2.00. The molecule has 0 aliphatic rings. The number of hydrogen-bond donors (Lipinski definition) is 0. The van der Waals surface area contributed by atoms with Gasteiger partial charge in [-0.1, -0.05) is 62.5 Å². The molecule has 2 aromatic carbocycles. The third kappa shape index (κ3) is 3.68. The van der Waals surface area contributed by atoms with Crippen molar-refractivity contribution in [2.75, 3.05) is 13.3 Å². The Hall–Kier alpha value is -1.13. The Morgan fingerprint density at radius 3 is 2.12 bits per heavy atom. The van der Waals surface area contributed by atoms with Crippen LogP contribution in [0.5, 0.6) is 0 Å². The fourth-order valence-electron chi connectivity index (χ4n) is 1.92. The van der Waals surface area contributed by atoms with Crippen molar-refractivity contribution in [2.24, 2.45) is 0 Å². The predicted octanol–water partition coefficient (Wildman–Crippen LogP) is 3.84. The summed E-state index contributed by atoms with van der Waals surface area (Å²) in [4.78, 5) is 0. The van der Waals surface area contributed by atoms with Crippen LogP contribution >= 0.6 is 7.92 Å². The molecule has 0 atom stereocenters. The van der Waals surface area contributed by atoms with Crippen LogP contribution in [0.4, 0.5) is 0 Å². The second-order valence-electron chi connectivity index (χ2n) is 4.55. The summed E-state index contributed by atoms with van der Waals surface area (Å²) in [5.74, 6) is 0. The number of hydrogen-bond acceptors (Lipinski definition) is 0. The van der Waals surface area contributed by atoms with Gasteiger partial charge in [0.2, 0.25) is 0 Å². The monoisotopic (exact) mass is 242 g/mol. The largest absolute Gasteiger partial charge is 0.0817 e. The van der Waals surface area contributed by atoms with Gasteiger partial charge in [-0.3, -0.25) is 0 Å². The Morgan fingerprint density at radius 1 is 0.765 bits per heavy atom. The van der Waals surface area contributed by atoms with Crippen LogP contribution in [0.1, 0.15) is 11.1 Å². The summed E-state index contributed by atoms with van der Waals surface area (Å²) in [6, 6.07) is 19.8. The fraction of sp³-hybridized carbons (Fsp3) is 0.250. The SMILES string of the molecule is CP(C)c1cccc(CCc2ccccc2)c1. The minimum atomic E-state index is 0.0232. The third-order valence-electron chi connectivity index (χ3n) is 2.97. The van der Waals surface area contributed by atoms with Gasteiger partial charge in [0, 0.05) is 0 Å². The molecule has 0 unspecified atom stereocenters. The highest BCUT2D eigenvalue weighted by Crippen LogP contribution is 2.23. The average Bonchev–Trinajstić information content (AvgIpc) is 2.38. The molecule has 0 aromatic heterocycles. The second kappa shape index (κ2) is 5.98. The lowest BCUT2D eigenvalue weighted by molar-refractivity contribution is 0.961. The first-order valence-corrected chi connectivity index (χ1v) is 8.29. The predicted molar refractivity (Wildman–Crippen MR) is 78.7 cm³/mol. The molecule has 0 N–H and O–H groups in total. The van der Waals surface area contributed by atoms with Gasteiger partial charge in [-0.05, 0) is 42.6 Å². The average molecular weight is 242 g/mol. The van der Waals surface area contributed by atoms with E-state index in [4.69, 9.17) is 0 Å². The van der Waals surface area contributed by atoms with Crippen LogP contribution in [0.25, 0.3) is 0 Å². The summed E-state index contributed by atoms with van der Waals surface area (Å²) in [5.41, 5.74) is 2.88. The van der Waals surface area contributed by atoms with Crippen molar-refractivity contribution in [1.82, 2.24) is 0 Å². The van der Waals surface area contributed by atoms with Gasteiger partial charge in [-0.25, -0.2) is 0 Å². The Labute approximate surface area is 105 Å². The van der Waals surface area contributed by atoms with Gasteiger partial charge in [0.15, 0.2) is 0 Å². The summed E-state index contributed by atoms with van der Waals surface area (Å²) in [6.07, 6.45) is 2.27. The summed E-state index contributed by atoms with van der Waals surface area (Å²) >= 11 is 0. The van der Waals surface area contributed by atoms with Crippen molar-refractivity contribution in [2.45, 2.75) is 12.8 Å². The van der Waals surface area contributed by atoms with Gasteiger partial charge in [-0.2, -0.15) is 0 Å². The van der Waals surface area contributed by atoms with E-state index >= 15 is 0 Å². The standard InChI is InChI=1S/C16H19P/c1-17(2)16-10-6-9-15(13-16)12-11-14-7-4-3-5-8-14/h3-10,13H,11-12H2,1-2H3. The van der Waals surface area contributed by atoms with Crippen LogP contribution in [0.3, 0.4) is 0 Å². The first-order valence-electron chi connectivity index (χ1n) is 6.06. The quantitative estimate of drug-likeness (QED) is 0.715. The highest BCUT2D eigenvalue weighted by atomic mass is 31.1. The first kappa shape index (κ1) is 12.3. The molecule has 1 heteroatoms. The van der Waals surface area contributed by atoms with E-state index in [0.717, 1.165) is 12.8 Å². The highest BCUT2D eigenvalue weighted by molar-refractivity contribution is 7.64. The molecule has 17 heavy (non-hydrogen) atoms. The Kier molecular flexibility index (Phi) is 4.34. The zero-order valence-corrected chi connectivity index (χ0v) is 11.5. The first-order chi connectivity index (χ1) is 8.25. The lowest BCUT2D eigenvalue weighted by Gasteiger charge is -2.08. The number of benzene rings is 2. The second-order valence-corrected chi connectivity index (χ2v) is 6.86. The van der Waals surface area contributed by atoms with E-state index in [0.29, 0.717) is 0 Å². The van der Waals surface area contributed by atoms with E-state index in [1.54, 1.807) is 0 Å². The topological polar surface area (TPSA) is 0 Å². The molecular weight excluding hydrogens is 223 g/mol. The number of aryl methyl sites for hydroxylation is 2. The Balaban J connectivity index is 2.02. The molecule has 88 valence electrons. The van der Waals surface area contributed by atoms with Crippen LogP contribution in [0.2, 0.25) is 0 Å². The molecule has 0 heterocycles. The van der Waals surface area contributed by atoms with E-state index in [2.05, 4.69) is 67.9 Å². The van der Waals surface area contributed by atoms with Crippen LogP contribution < -0.4 is 5.30 Å². The smallest absolute Gasteiger partial charge is 0.0238 e. The van der Waals surface area contributed by atoms with Crippen LogP contribution in [0.15, 0.2) is 54.6 Å². The molecule has 0 saturated heterocycles. The Bertz CT molecular complexity index is 460. The van der Waals surface area contributed by atoms with E-state index in [-0.39, 0.29) is 7.92 Å². The summed E-state index contributed by atoms with van der Waals surface area (Å²) in [5, 5.41) is 1.51. The molecule has 0 spiro atoms. The van der Waals surface area contributed by atoms with Gasteiger partial charge in [-0.15, -0.1) is 0 Å². The van der Waals surface area contributed by atoms with Crippen molar-refractivity contribution in [3.05, 3.63) is 65.7 Å². The van der Waals surface area contributed by atoms with Gasteiger partial charge >= 0.3 is 0 Å². The maximum atomic E-state index is 2.37. The van der Waals surface area contributed by atoms with Crippen LogP contribution in [0, 0.1) is 0 Å². The van der Waals surface area contributed by atoms with E-state index in [1.807, 2.05) is 0 Å². The lowest BCUT2D eigenvalue weighted by atomic mass is 10.0. The summed E-state index contributed by atoms with van der Waals surface area (Å²) in [7, 11) is 0.0232. The van der Waals surface area contributed by atoms with Gasteiger partial charge in [0.05, 0.1) is 0 Å². The number of rotatable bonds is 4. The molecule has 0 aliphatic heterocycles. The molecule has 0 saturated carbocycles. The van der Waals surface area contributed by atoms with Crippen molar-refractivity contribution < 1.29 is 0 Å². The van der Waals surface area contributed by atoms with Crippen LogP contribution in [-0.2, 0) is 12.8 Å². The zero-order chi connectivity index (χ0) is 12.1. The molecule has 2 aromatic rings. The van der Waals surface area contributed by atoms with Crippen LogP contribution in [-0.4, -0.2) is 13.3 Å². The van der Waals surface area contributed by atoms with Gasteiger partial charge in [0.25, 0.3) is 0 Å². The van der Waals surface area contributed by atoms with Crippen molar-refractivity contribution >= 4 is 13.2 Å². The van der Waals surface area contributed by atoms with Crippen molar-refractivity contribution in [1.29, 1.82) is 0 Å². The molecule has 0 radical (unpaired) electrons. The Morgan fingerprint density at radius 2 is 1.41 bits per heavy atom. The zero-order valence-electron chi connectivity index (χ0n) is 10.6. The van der Waals surface area contributed by atoms with E-state index < -0.39 is 0 Å². The normalized spacial score (nSPS) is 10.8. The molecule has 2 rings (SSSR count). The lowest BCUT2D eigenvalue weighted by Crippen LogP contribution is -2.01. The third-order valence-corrected chi connectivity index (χ3v) is 4.28. The minimum absolute atomic E-state index is 0.0232. The molecule has 0 fully saturated rings. The molecular formula is C16H19P. The van der Waals surface area contributed by atoms with Crippen molar-refractivity contribution in [3.8, 4) is 0 Å². The summed E-state index contributed by atoms with van der Waals surface area (Å²) in [6.45, 7) is 4.62. The van der Waals surface area contributed by atoms with Gasteiger partial charge in [0.1, 0.15) is 0 Å². The van der Waals surface area contributed by atoms with Crippen molar-refractivity contribution in [3.63, 3.8) is 0 Å². The maximum absolute atomic E-state index is 2.37. The molecule has 0 nitrogen and oxygen atoms in total. The molecule has 0 amide bonds.